The van der Waals surface area contributed by atoms with Gasteiger partial charge < -0.3 is 5.73 Å². The summed E-state index contributed by atoms with van der Waals surface area (Å²) in [6, 6.07) is 6.79. The van der Waals surface area contributed by atoms with Crippen LogP contribution >= 0.6 is 0 Å². The third-order valence-electron chi connectivity index (χ3n) is 3.22. The van der Waals surface area contributed by atoms with Crippen molar-refractivity contribution in [2.24, 2.45) is 11.7 Å². The van der Waals surface area contributed by atoms with E-state index in [1.54, 1.807) is 12.1 Å². The van der Waals surface area contributed by atoms with E-state index in [1.165, 1.54) is 6.07 Å². The van der Waals surface area contributed by atoms with Gasteiger partial charge in [-0.25, -0.2) is 4.39 Å². The fraction of sp³-hybridized carbons (Fsp3) is 0.600. The first-order valence-corrected chi connectivity index (χ1v) is 6.63. The summed E-state index contributed by atoms with van der Waals surface area (Å²) < 4.78 is 13.3. The van der Waals surface area contributed by atoms with Crippen LogP contribution in [0.2, 0.25) is 0 Å². The second kappa shape index (κ2) is 6.86. The predicted molar refractivity (Wildman–Crippen MR) is 74.9 cm³/mol. The number of benzene rings is 1. The van der Waals surface area contributed by atoms with Gasteiger partial charge in [0.2, 0.25) is 0 Å². The van der Waals surface area contributed by atoms with E-state index in [2.05, 4.69) is 25.8 Å². The van der Waals surface area contributed by atoms with Gasteiger partial charge in [0.1, 0.15) is 5.82 Å². The number of nitrogens with zero attached hydrogens (tertiary/aromatic N) is 1. The Morgan fingerprint density at radius 3 is 2.44 bits per heavy atom. The van der Waals surface area contributed by atoms with Crippen LogP contribution in [-0.2, 0) is 0 Å². The molecule has 0 aliphatic heterocycles. The maximum Gasteiger partial charge on any atom is 0.123 e. The quantitative estimate of drug-likeness (QED) is 0.842. The number of hydrogen-bond donors (Lipinski definition) is 1. The van der Waals surface area contributed by atoms with Crippen molar-refractivity contribution in [3.05, 3.63) is 35.6 Å². The summed E-state index contributed by atoms with van der Waals surface area (Å²) in [5, 5.41) is 0. The lowest BCUT2D eigenvalue weighted by Crippen LogP contribution is -2.38. The standard InChI is InChI=1S/C15H25FN2/c1-11(2)8-9-18(4)15(12(3)17)13-6-5-7-14(16)10-13/h5-7,10-12,15H,8-9,17H2,1-4H3. The van der Waals surface area contributed by atoms with E-state index in [9.17, 15) is 4.39 Å². The minimum Gasteiger partial charge on any atom is -0.326 e. The van der Waals surface area contributed by atoms with Crippen LogP contribution in [0.4, 0.5) is 4.39 Å². The van der Waals surface area contributed by atoms with Crippen LogP contribution in [0.15, 0.2) is 24.3 Å². The van der Waals surface area contributed by atoms with E-state index in [4.69, 9.17) is 5.73 Å². The zero-order chi connectivity index (χ0) is 13.7. The van der Waals surface area contributed by atoms with Crippen molar-refractivity contribution >= 4 is 0 Å². The highest BCUT2D eigenvalue weighted by Gasteiger charge is 2.21. The fourth-order valence-corrected chi connectivity index (χ4v) is 2.25. The topological polar surface area (TPSA) is 29.3 Å². The Morgan fingerprint density at radius 2 is 1.94 bits per heavy atom. The molecular weight excluding hydrogens is 227 g/mol. The van der Waals surface area contributed by atoms with Crippen LogP contribution in [0.5, 0.6) is 0 Å². The third-order valence-corrected chi connectivity index (χ3v) is 3.22. The Balaban J connectivity index is 2.82. The van der Waals surface area contributed by atoms with Crippen molar-refractivity contribution in [2.75, 3.05) is 13.6 Å². The van der Waals surface area contributed by atoms with Crippen LogP contribution in [0.3, 0.4) is 0 Å². The Morgan fingerprint density at radius 1 is 1.28 bits per heavy atom. The van der Waals surface area contributed by atoms with Crippen LogP contribution in [0, 0.1) is 11.7 Å². The molecular formula is C15H25FN2. The number of likely N-dealkylation sites (N-methyl/N-ethyl adjacent to an activating group) is 1. The molecule has 1 rings (SSSR count). The van der Waals surface area contributed by atoms with Gasteiger partial charge in [0.15, 0.2) is 0 Å². The maximum atomic E-state index is 13.3. The lowest BCUT2D eigenvalue weighted by Gasteiger charge is -2.32. The number of rotatable bonds is 6. The molecule has 0 radical (unpaired) electrons. The molecule has 0 heterocycles. The third kappa shape index (κ3) is 4.39. The van der Waals surface area contributed by atoms with Gasteiger partial charge in [-0.05, 0) is 50.6 Å². The van der Waals surface area contributed by atoms with Crippen molar-refractivity contribution in [1.29, 1.82) is 0 Å². The van der Waals surface area contributed by atoms with Gasteiger partial charge in [0.05, 0.1) is 0 Å². The first-order valence-electron chi connectivity index (χ1n) is 6.63. The smallest absolute Gasteiger partial charge is 0.123 e. The number of hydrogen-bond acceptors (Lipinski definition) is 2. The molecule has 0 fully saturated rings. The first kappa shape index (κ1) is 15.1. The van der Waals surface area contributed by atoms with Gasteiger partial charge in [0.25, 0.3) is 0 Å². The van der Waals surface area contributed by atoms with Crippen LogP contribution in [-0.4, -0.2) is 24.5 Å². The summed E-state index contributed by atoms with van der Waals surface area (Å²) in [6.07, 6.45) is 1.12. The molecule has 2 nitrogen and oxygen atoms in total. The van der Waals surface area contributed by atoms with E-state index >= 15 is 0 Å². The zero-order valence-electron chi connectivity index (χ0n) is 11.9. The summed E-state index contributed by atoms with van der Waals surface area (Å²) in [6.45, 7) is 7.36. The van der Waals surface area contributed by atoms with E-state index in [0.717, 1.165) is 18.5 Å². The Labute approximate surface area is 110 Å². The molecule has 1 aromatic carbocycles. The molecule has 3 heteroatoms. The summed E-state index contributed by atoms with van der Waals surface area (Å²) in [7, 11) is 2.06. The molecule has 18 heavy (non-hydrogen) atoms. The minimum atomic E-state index is -0.199. The van der Waals surface area contributed by atoms with Gasteiger partial charge in [0, 0.05) is 12.1 Å². The second-order valence-electron chi connectivity index (χ2n) is 5.52. The molecule has 102 valence electrons. The zero-order valence-corrected chi connectivity index (χ0v) is 11.9. The number of halogens is 1. The molecule has 2 unspecified atom stereocenters. The van der Waals surface area contributed by atoms with Crippen molar-refractivity contribution < 1.29 is 4.39 Å². The molecule has 0 aromatic heterocycles. The molecule has 0 spiro atoms. The van der Waals surface area contributed by atoms with Gasteiger partial charge in [-0.3, -0.25) is 4.90 Å². The largest absolute Gasteiger partial charge is 0.326 e. The molecule has 0 saturated heterocycles. The SMILES string of the molecule is CC(C)CCN(C)C(c1cccc(F)c1)C(C)N. The highest BCUT2D eigenvalue weighted by atomic mass is 19.1. The van der Waals surface area contributed by atoms with Crippen molar-refractivity contribution in [3.8, 4) is 0 Å². The monoisotopic (exact) mass is 252 g/mol. The van der Waals surface area contributed by atoms with Crippen LogP contribution < -0.4 is 5.73 Å². The van der Waals surface area contributed by atoms with Gasteiger partial charge in [-0.2, -0.15) is 0 Å². The van der Waals surface area contributed by atoms with Gasteiger partial charge in [-0.15, -0.1) is 0 Å². The van der Waals surface area contributed by atoms with Crippen molar-refractivity contribution in [2.45, 2.75) is 39.3 Å². The van der Waals surface area contributed by atoms with Crippen LogP contribution in [0.1, 0.15) is 38.8 Å². The van der Waals surface area contributed by atoms with E-state index in [1.807, 2.05) is 13.0 Å². The molecule has 0 amide bonds. The predicted octanol–water partition coefficient (Wildman–Crippen LogP) is 3.19. The average molecular weight is 252 g/mol. The highest BCUT2D eigenvalue weighted by Crippen LogP contribution is 2.23. The Kier molecular flexibility index (Phi) is 5.76. The summed E-state index contributed by atoms with van der Waals surface area (Å²) in [5.74, 6) is 0.462. The first-order chi connectivity index (χ1) is 8.41. The average Bonchev–Trinajstić information content (AvgIpc) is 2.26. The fourth-order valence-electron chi connectivity index (χ4n) is 2.25. The molecule has 0 bridgehead atoms. The molecule has 0 aliphatic rings. The summed E-state index contributed by atoms with van der Waals surface area (Å²) in [5.41, 5.74) is 7.02. The minimum absolute atomic E-state index is 0.0241. The lowest BCUT2D eigenvalue weighted by molar-refractivity contribution is 0.207. The summed E-state index contributed by atoms with van der Waals surface area (Å²) >= 11 is 0. The normalized spacial score (nSPS) is 15.1. The molecule has 0 saturated carbocycles. The van der Waals surface area contributed by atoms with Crippen molar-refractivity contribution in [3.63, 3.8) is 0 Å². The molecule has 1 aromatic rings. The maximum absolute atomic E-state index is 13.3. The van der Waals surface area contributed by atoms with E-state index in [-0.39, 0.29) is 17.9 Å². The van der Waals surface area contributed by atoms with E-state index in [0.29, 0.717) is 5.92 Å². The van der Waals surface area contributed by atoms with E-state index < -0.39 is 0 Å². The van der Waals surface area contributed by atoms with Gasteiger partial charge in [-0.1, -0.05) is 26.0 Å². The lowest BCUT2D eigenvalue weighted by atomic mass is 9.98. The highest BCUT2D eigenvalue weighted by molar-refractivity contribution is 5.21. The number of nitrogens with two attached hydrogens (primary N) is 1. The Hall–Kier alpha value is -0.930. The summed E-state index contributed by atoms with van der Waals surface area (Å²) in [4.78, 5) is 2.22. The van der Waals surface area contributed by atoms with Gasteiger partial charge >= 0.3 is 0 Å². The van der Waals surface area contributed by atoms with Crippen LogP contribution in [0.25, 0.3) is 0 Å². The Bertz CT molecular complexity index is 363. The molecule has 0 aliphatic carbocycles. The second-order valence-corrected chi connectivity index (χ2v) is 5.52. The molecule has 2 atom stereocenters. The molecule has 2 N–H and O–H groups in total. The van der Waals surface area contributed by atoms with Crippen molar-refractivity contribution in [1.82, 2.24) is 4.90 Å².